The highest BCUT2D eigenvalue weighted by Gasteiger charge is 2.37. The summed E-state index contributed by atoms with van der Waals surface area (Å²) in [4.78, 5) is 26.8. The van der Waals surface area contributed by atoms with Gasteiger partial charge in [0.2, 0.25) is 11.8 Å². The van der Waals surface area contributed by atoms with Crippen LogP contribution in [0.4, 0.5) is 18.9 Å². The maximum Gasteiger partial charge on any atom is 0.418 e. The molecule has 1 aromatic rings. The number of nitrogens with zero attached hydrogens (tertiary/aromatic N) is 1. The maximum atomic E-state index is 13.1. The number of amides is 2. The molecule has 160 valence electrons. The van der Waals surface area contributed by atoms with Crippen LogP contribution in [0.1, 0.15) is 50.5 Å². The third-order valence-corrected chi connectivity index (χ3v) is 6.40. The molecule has 2 amide bonds. The minimum Gasteiger partial charge on any atom is -0.341 e. The van der Waals surface area contributed by atoms with Crippen LogP contribution in [0.3, 0.4) is 0 Å². The summed E-state index contributed by atoms with van der Waals surface area (Å²) in [5.74, 6) is -0.843. The van der Waals surface area contributed by atoms with E-state index < -0.39 is 23.7 Å². The largest absolute Gasteiger partial charge is 0.418 e. The highest BCUT2D eigenvalue weighted by atomic mass is 19.4. The summed E-state index contributed by atoms with van der Waals surface area (Å²) in [5.41, 5.74) is 5.13. The number of nitrogens with two attached hydrogens (primary N) is 1. The first kappa shape index (κ1) is 21.6. The van der Waals surface area contributed by atoms with Gasteiger partial charge in [-0.2, -0.15) is 13.2 Å². The van der Waals surface area contributed by atoms with Gasteiger partial charge in [-0.1, -0.05) is 12.1 Å². The first-order valence-electron chi connectivity index (χ1n) is 10.2. The van der Waals surface area contributed by atoms with Crippen molar-refractivity contribution in [2.75, 3.05) is 12.4 Å². The van der Waals surface area contributed by atoms with Crippen molar-refractivity contribution in [2.24, 2.45) is 17.6 Å². The van der Waals surface area contributed by atoms with Crippen LogP contribution in [0.15, 0.2) is 24.3 Å². The number of hydrogen-bond donors (Lipinski definition) is 2. The number of carbonyl (C=O) groups excluding carboxylic acids is 2. The Morgan fingerprint density at radius 3 is 2.28 bits per heavy atom. The van der Waals surface area contributed by atoms with Crippen LogP contribution in [0.25, 0.3) is 0 Å². The molecule has 1 atom stereocenters. The zero-order chi connectivity index (χ0) is 21.2. The molecule has 3 rings (SSSR count). The van der Waals surface area contributed by atoms with Crippen molar-refractivity contribution in [3.8, 4) is 0 Å². The Bertz CT molecular complexity index is 741. The van der Waals surface area contributed by atoms with E-state index >= 15 is 0 Å². The Hall–Kier alpha value is -2.09. The van der Waals surface area contributed by atoms with E-state index in [9.17, 15) is 22.8 Å². The molecular formula is C21H28F3N3O2. The SMILES string of the molecule is CN(C(=O)[C@@H](N)C1CCC(C(=O)Nc2ccccc2C(F)(F)F)CC1)C1CCC1. The summed E-state index contributed by atoms with van der Waals surface area (Å²) < 4.78 is 39.3. The lowest BCUT2D eigenvalue weighted by Gasteiger charge is -2.38. The fraction of sp³-hybridized carbons (Fsp3) is 0.619. The van der Waals surface area contributed by atoms with Gasteiger partial charge in [0.25, 0.3) is 0 Å². The van der Waals surface area contributed by atoms with Crippen LogP contribution >= 0.6 is 0 Å². The summed E-state index contributed by atoms with van der Waals surface area (Å²) in [6, 6.07) is 4.67. The molecule has 2 aliphatic carbocycles. The van der Waals surface area contributed by atoms with Crippen molar-refractivity contribution in [3.05, 3.63) is 29.8 Å². The van der Waals surface area contributed by atoms with Gasteiger partial charge in [0.1, 0.15) is 0 Å². The molecule has 1 aromatic carbocycles. The molecule has 0 aliphatic heterocycles. The van der Waals surface area contributed by atoms with Crippen molar-refractivity contribution in [3.63, 3.8) is 0 Å². The smallest absolute Gasteiger partial charge is 0.341 e. The molecule has 0 radical (unpaired) electrons. The minimum absolute atomic E-state index is 0.00321. The predicted octanol–water partition coefficient (Wildman–Crippen LogP) is 3.79. The third-order valence-electron chi connectivity index (χ3n) is 6.40. The maximum absolute atomic E-state index is 13.1. The normalized spacial score (nSPS) is 23.8. The number of para-hydroxylation sites is 1. The number of nitrogens with one attached hydrogen (secondary N) is 1. The monoisotopic (exact) mass is 411 g/mol. The lowest BCUT2D eigenvalue weighted by Crippen LogP contribution is -2.52. The van der Waals surface area contributed by atoms with Crippen LogP contribution in [0, 0.1) is 11.8 Å². The molecule has 8 heteroatoms. The van der Waals surface area contributed by atoms with Gasteiger partial charge >= 0.3 is 6.18 Å². The number of rotatable bonds is 5. The first-order valence-corrected chi connectivity index (χ1v) is 10.2. The number of anilines is 1. The highest BCUT2D eigenvalue weighted by molar-refractivity contribution is 5.93. The second-order valence-electron chi connectivity index (χ2n) is 8.20. The van der Waals surface area contributed by atoms with Crippen LogP contribution < -0.4 is 11.1 Å². The number of hydrogen-bond acceptors (Lipinski definition) is 3. The van der Waals surface area contributed by atoms with Gasteiger partial charge in [0, 0.05) is 19.0 Å². The van der Waals surface area contributed by atoms with E-state index in [0.717, 1.165) is 25.3 Å². The number of likely N-dealkylation sites (N-methyl/N-ethyl adjacent to an activating group) is 1. The molecule has 2 fully saturated rings. The van der Waals surface area contributed by atoms with Crippen LogP contribution in [-0.4, -0.2) is 35.8 Å². The van der Waals surface area contributed by atoms with E-state index in [1.54, 1.807) is 11.9 Å². The topological polar surface area (TPSA) is 75.4 Å². The van der Waals surface area contributed by atoms with E-state index in [-0.39, 0.29) is 29.5 Å². The quantitative estimate of drug-likeness (QED) is 0.774. The lowest BCUT2D eigenvalue weighted by molar-refractivity contribution is -0.137. The van der Waals surface area contributed by atoms with Gasteiger partial charge in [0.15, 0.2) is 0 Å². The van der Waals surface area contributed by atoms with Gasteiger partial charge in [0.05, 0.1) is 17.3 Å². The molecular weight excluding hydrogens is 383 g/mol. The lowest BCUT2D eigenvalue weighted by atomic mass is 9.77. The predicted molar refractivity (Wildman–Crippen MR) is 104 cm³/mol. The van der Waals surface area contributed by atoms with E-state index in [4.69, 9.17) is 5.73 Å². The molecule has 29 heavy (non-hydrogen) atoms. The van der Waals surface area contributed by atoms with E-state index in [0.29, 0.717) is 25.7 Å². The Kier molecular flexibility index (Phi) is 6.51. The number of benzene rings is 1. The zero-order valence-corrected chi connectivity index (χ0v) is 16.5. The van der Waals surface area contributed by atoms with Gasteiger partial charge in [-0.15, -0.1) is 0 Å². The van der Waals surface area contributed by atoms with Crippen molar-refractivity contribution < 1.29 is 22.8 Å². The van der Waals surface area contributed by atoms with Crippen molar-refractivity contribution >= 4 is 17.5 Å². The number of carbonyl (C=O) groups is 2. The average molecular weight is 411 g/mol. The fourth-order valence-corrected chi connectivity index (χ4v) is 4.21. The molecule has 0 aromatic heterocycles. The molecule has 2 saturated carbocycles. The molecule has 0 unspecified atom stereocenters. The van der Waals surface area contributed by atoms with Crippen molar-refractivity contribution in [2.45, 2.75) is 63.2 Å². The summed E-state index contributed by atoms with van der Waals surface area (Å²) in [6.45, 7) is 0. The summed E-state index contributed by atoms with van der Waals surface area (Å²) >= 11 is 0. The standard InChI is InChI=1S/C21H28F3N3O2/c1-27(15-5-4-6-15)20(29)18(25)13-9-11-14(12-10-13)19(28)26-17-8-3-2-7-16(17)21(22,23)24/h2-3,7-8,13-15,18H,4-6,9-12,25H2,1H3,(H,26,28)/t13?,14?,18-/m0/s1. The summed E-state index contributed by atoms with van der Waals surface area (Å²) in [7, 11) is 1.79. The van der Waals surface area contributed by atoms with Gasteiger partial charge < -0.3 is 16.0 Å². The zero-order valence-electron chi connectivity index (χ0n) is 16.5. The number of alkyl halides is 3. The molecule has 3 N–H and O–H groups in total. The van der Waals surface area contributed by atoms with E-state index in [2.05, 4.69) is 5.32 Å². The van der Waals surface area contributed by atoms with Crippen LogP contribution in [0.5, 0.6) is 0 Å². The second kappa shape index (κ2) is 8.73. The van der Waals surface area contributed by atoms with Crippen LogP contribution in [-0.2, 0) is 15.8 Å². The third kappa shape index (κ3) is 4.91. The minimum atomic E-state index is -4.53. The van der Waals surface area contributed by atoms with Gasteiger partial charge in [-0.05, 0) is 63.0 Å². The van der Waals surface area contributed by atoms with Gasteiger partial charge in [-0.3, -0.25) is 9.59 Å². The molecule has 0 heterocycles. The average Bonchev–Trinajstić information content (AvgIpc) is 2.65. The van der Waals surface area contributed by atoms with Crippen molar-refractivity contribution in [1.82, 2.24) is 4.90 Å². The molecule has 2 aliphatic rings. The first-order chi connectivity index (χ1) is 13.7. The Labute approximate surface area is 168 Å². The van der Waals surface area contributed by atoms with E-state index in [1.165, 1.54) is 18.2 Å². The van der Waals surface area contributed by atoms with Crippen LogP contribution in [0.2, 0.25) is 0 Å². The van der Waals surface area contributed by atoms with E-state index in [1.807, 2.05) is 0 Å². The fourth-order valence-electron chi connectivity index (χ4n) is 4.21. The summed E-state index contributed by atoms with van der Waals surface area (Å²) in [6.07, 6.45) is 0.894. The molecule has 0 spiro atoms. The molecule has 0 saturated heterocycles. The molecule has 0 bridgehead atoms. The Balaban J connectivity index is 1.54. The Morgan fingerprint density at radius 1 is 1.10 bits per heavy atom. The number of halogens is 3. The van der Waals surface area contributed by atoms with Crippen molar-refractivity contribution in [1.29, 1.82) is 0 Å². The van der Waals surface area contributed by atoms with Gasteiger partial charge in [-0.25, -0.2) is 0 Å². The summed E-state index contributed by atoms with van der Waals surface area (Å²) in [5, 5.41) is 2.44. The Morgan fingerprint density at radius 2 is 1.72 bits per heavy atom. The molecule has 5 nitrogen and oxygen atoms in total. The highest BCUT2D eigenvalue weighted by Crippen LogP contribution is 2.36. The second-order valence-corrected chi connectivity index (χ2v) is 8.20.